The standard InChI is InChI=1S/C19H15N3O2/c20-18(23)14-8-6-13(7-9-14)17-12-15(10-11-21-17)19(24)22-16-4-2-1-3-5-16/h1-12H,(H2,20,23)(H,22,24). The highest BCUT2D eigenvalue weighted by molar-refractivity contribution is 6.04. The van der Waals surface area contributed by atoms with Gasteiger partial charge in [0, 0.05) is 28.6 Å². The van der Waals surface area contributed by atoms with Crippen molar-refractivity contribution < 1.29 is 9.59 Å². The Hall–Kier alpha value is -3.47. The Kier molecular flexibility index (Phi) is 4.34. The van der Waals surface area contributed by atoms with E-state index in [9.17, 15) is 9.59 Å². The Balaban J connectivity index is 1.83. The number of nitrogens with two attached hydrogens (primary N) is 1. The van der Waals surface area contributed by atoms with Crippen LogP contribution in [0.15, 0.2) is 72.9 Å². The summed E-state index contributed by atoms with van der Waals surface area (Å²) in [6.07, 6.45) is 1.58. The van der Waals surface area contributed by atoms with Crippen LogP contribution in [0.1, 0.15) is 20.7 Å². The Morgan fingerprint density at radius 1 is 0.875 bits per heavy atom. The van der Waals surface area contributed by atoms with Crippen LogP contribution in [0.3, 0.4) is 0 Å². The SMILES string of the molecule is NC(=O)c1ccc(-c2cc(C(=O)Nc3ccccc3)ccn2)cc1. The number of aromatic nitrogens is 1. The molecule has 0 bridgehead atoms. The third-order valence-corrected chi connectivity index (χ3v) is 3.52. The summed E-state index contributed by atoms with van der Waals surface area (Å²) in [7, 11) is 0. The van der Waals surface area contributed by atoms with Gasteiger partial charge in [-0.15, -0.1) is 0 Å². The third-order valence-electron chi connectivity index (χ3n) is 3.52. The molecule has 0 aliphatic rings. The second-order valence-electron chi connectivity index (χ2n) is 5.19. The van der Waals surface area contributed by atoms with E-state index in [0.717, 1.165) is 11.3 Å². The van der Waals surface area contributed by atoms with Crippen LogP contribution in [0, 0.1) is 0 Å². The first-order chi connectivity index (χ1) is 11.6. The summed E-state index contributed by atoms with van der Waals surface area (Å²) >= 11 is 0. The number of hydrogen-bond donors (Lipinski definition) is 2. The molecule has 0 unspecified atom stereocenters. The molecule has 5 heteroatoms. The number of amides is 2. The fraction of sp³-hybridized carbons (Fsp3) is 0. The van der Waals surface area contributed by atoms with E-state index < -0.39 is 5.91 Å². The van der Waals surface area contributed by atoms with Crippen molar-refractivity contribution in [1.29, 1.82) is 0 Å². The van der Waals surface area contributed by atoms with Crippen molar-refractivity contribution in [3.63, 3.8) is 0 Å². The quantitative estimate of drug-likeness (QED) is 0.775. The van der Waals surface area contributed by atoms with Crippen molar-refractivity contribution in [2.75, 3.05) is 5.32 Å². The number of rotatable bonds is 4. The van der Waals surface area contributed by atoms with Gasteiger partial charge in [-0.2, -0.15) is 0 Å². The lowest BCUT2D eigenvalue weighted by Gasteiger charge is -2.07. The Morgan fingerprint density at radius 2 is 1.58 bits per heavy atom. The molecule has 3 rings (SSSR count). The van der Waals surface area contributed by atoms with Crippen LogP contribution in [0.4, 0.5) is 5.69 Å². The fourth-order valence-corrected chi connectivity index (χ4v) is 2.26. The van der Waals surface area contributed by atoms with Gasteiger partial charge in [0.25, 0.3) is 5.91 Å². The molecule has 2 aromatic carbocycles. The summed E-state index contributed by atoms with van der Waals surface area (Å²) in [5, 5.41) is 2.83. The number of nitrogens with zero attached hydrogens (tertiary/aromatic N) is 1. The number of primary amides is 1. The Labute approximate surface area is 139 Å². The highest BCUT2D eigenvalue weighted by atomic mass is 16.2. The van der Waals surface area contributed by atoms with Crippen LogP contribution in [0.5, 0.6) is 0 Å². The molecule has 0 fully saturated rings. The van der Waals surface area contributed by atoms with Crippen molar-refractivity contribution >= 4 is 17.5 Å². The lowest BCUT2D eigenvalue weighted by Crippen LogP contribution is -2.12. The number of nitrogens with one attached hydrogen (secondary N) is 1. The minimum absolute atomic E-state index is 0.210. The molecule has 0 saturated carbocycles. The number of para-hydroxylation sites is 1. The molecule has 2 amide bonds. The van der Waals surface area contributed by atoms with E-state index in [2.05, 4.69) is 10.3 Å². The fourth-order valence-electron chi connectivity index (χ4n) is 2.26. The van der Waals surface area contributed by atoms with E-state index in [4.69, 9.17) is 5.73 Å². The molecule has 0 atom stereocenters. The molecule has 0 radical (unpaired) electrons. The minimum Gasteiger partial charge on any atom is -0.366 e. The summed E-state index contributed by atoms with van der Waals surface area (Å²) in [4.78, 5) is 27.7. The number of carbonyl (C=O) groups is 2. The largest absolute Gasteiger partial charge is 0.366 e. The monoisotopic (exact) mass is 317 g/mol. The zero-order valence-corrected chi connectivity index (χ0v) is 12.8. The topological polar surface area (TPSA) is 85.1 Å². The molecule has 0 spiro atoms. The number of carbonyl (C=O) groups excluding carboxylic acids is 2. The van der Waals surface area contributed by atoms with Gasteiger partial charge in [0.15, 0.2) is 0 Å². The van der Waals surface area contributed by atoms with Crippen molar-refractivity contribution in [3.8, 4) is 11.3 Å². The second kappa shape index (κ2) is 6.75. The lowest BCUT2D eigenvalue weighted by molar-refractivity contribution is 0.0997. The van der Waals surface area contributed by atoms with E-state index in [-0.39, 0.29) is 5.91 Å². The molecule has 0 aliphatic heterocycles. The van der Waals surface area contributed by atoms with Crippen LogP contribution in [-0.4, -0.2) is 16.8 Å². The molecule has 5 nitrogen and oxygen atoms in total. The maximum absolute atomic E-state index is 12.3. The number of benzene rings is 2. The van der Waals surface area contributed by atoms with Gasteiger partial charge in [0.2, 0.25) is 5.91 Å². The predicted octanol–water partition coefficient (Wildman–Crippen LogP) is 3.10. The van der Waals surface area contributed by atoms with Gasteiger partial charge < -0.3 is 11.1 Å². The normalized spacial score (nSPS) is 10.2. The Bertz CT molecular complexity index is 875. The smallest absolute Gasteiger partial charge is 0.255 e. The van der Waals surface area contributed by atoms with Gasteiger partial charge in [0.1, 0.15) is 0 Å². The van der Waals surface area contributed by atoms with Crippen LogP contribution in [0.2, 0.25) is 0 Å². The third kappa shape index (κ3) is 3.47. The van der Waals surface area contributed by atoms with E-state index >= 15 is 0 Å². The molecule has 0 saturated heterocycles. The lowest BCUT2D eigenvalue weighted by atomic mass is 10.1. The first kappa shape index (κ1) is 15.4. The van der Waals surface area contributed by atoms with Crippen molar-refractivity contribution in [2.24, 2.45) is 5.73 Å². The van der Waals surface area contributed by atoms with Gasteiger partial charge in [0.05, 0.1) is 5.69 Å². The predicted molar refractivity (Wildman–Crippen MR) is 92.6 cm³/mol. The molecule has 1 heterocycles. The van der Waals surface area contributed by atoms with Crippen LogP contribution in [0.25, 0.3) is 11.3 Å². The molecule has 3 aromatic rings. The highest BCUT2D eigenvalue weighted by Gasteiger charge is 2.09. The van der Waals surface area contributed by atoms with E-state index in [0.29, 0.717) is 16.8 Å². The zero-order valence-electron chi connectivity index (χ0n) is 12.8. The molecule has 1 aromatic heterocycles. The molecular formula is C19H15N3O2. The molecule has 118 valence electrons. The van der Waals surface area contributed by atoms with Crippen molar-refractivity contribution in [1.82, 2.24) is 4.98 Å². The maximum Gasteiger partial charge on any atom is 0.255 e. The van der Waals surface area contributed by atoms with E-state index in [1.54, 1.807) is 42.6 Å². The zero-order chi connectivity index (χ0) is 16.9. The summed E-state index contributed by atoms with van der Waals surface area (Å²) in [6.45, 7) is 0. The molecule has 3 N–H and O–H groups in total. The van der Waals surface area contributed by atoms with Gasteiger partial charge in [-0.1, -0.05) is 30.3 Å². The van der Waals surface area contributed by atoms with Crippen molar-refractivity contribution in [2.45, 2.75) is 0 Å². The number of anilines is 1. The Morgan fingerprint density at radius 3 is 2.25 bits per heavy atom. The maximum atomic E-state index is 12.3. The van der Waals surface area contributed by atoms with Gasteiger partial charge >= 0.3 is 0 Å². The van der Waals surface area contributed by atoms with Gasteiger partial charge in [-0.25, -0.2) is 0 Å². The molecular weight excluding hydrogens is 302 g/mol. The van der Waals surface area contributed by atoms with E-state index in [1.807, 2.05) is 30.3 Å². The average molecular weight is 317 g/mol. The minimum atomic E-state index is -0.481. The summed E-state index contributed by atoms with van der Waals surface area (Å²) in [5.74, 6) is -0.691. The highest BCUT2D eigenvalue weighted by Crippen LogP contribution is 2.19. The summed E-state index contributed by atoms with van der Waals surface area (Å²) < 4.78 is 0. The second-order valence-corrected chi connectivity index (χ2v) is 5.19. The van der Waals surface area contributed by atoms with Gasteiger partial charge in [-0.05, 0) is 36.4 Å². The molecule has 24 heavy (non-hydrogen) atoms. The van der Waals surface area contributed by atoms with E-state index in [1.165, 1.54) is 0 Å². The number of hydrogen-bond acceptors (Lipinski definition) is 3. The first-order valence-electron chi connectivity index (χ1n) is 7.36. The van der Waals surface area contributed by atoms with Crippen LogP contribution >= 0.6 is 0 Å². The number of pyridine rings is 1. The summed E-state index contributed by atoms with van der Waals surface area (Å²) in [5.41, 5.74) is 8.34. The molecule has 0 aliphatic carbocycles. The van der Waals surface area contributed by atoms with Crippen molar-refractivity contribution in [3.05, 3.63) is 84.1 Å². The first-order valence-corrected chi connectivity index (χ1v) is 7.36. The van der Waals surface area contributed by atoms with Crippen LogP contribution < -0.4 is 11.1 Å². The van der Waals surface area contributed by atoms with Crippen LogP contribution in [-0.2, 0) is 0 Å². The summed E-state index contributed by atoms with van der Waals surface area (Å²) in [6, 6.07) is 19.4. The average Bonchev–Trinajstić information content (AvgIpc) is 2.63. The van der Waals surface area contributed by atoms with Gasteiger partial charge in [-0.3, -0.25) is 14.6 Å².